The van der Waals surface area contributed by atoms with E-state index in [2.05, 4.69) is 22.3 Å². The molecule has 0 saturated carbocycles. The summed E-state index contributed by atoms with van der Waals surface area (Å²) >= 11 is 1.30. The Morgan fingerprint density at radius 3 is 1.84 bits per heavy atom. The summed E-state index contributed by atoms with van der Waals surface area (Å²) < 4.78 is 14.9. The summed E-state index contributed by atoms with van der Waals surface area (Å²) in [6.07, 6.45) is 16.5. The third-order valence-corrected chi connectivity index (χ3v) is 7.73. The molecule has 12 nitrogen and oxygen atoms in total. The molecule has 0 rings (SSSR count). The van der Waals surface area contributed by atoms with E-state index in [-0.39, 0.29) is 24.9 Å². The van der Waals surface area contributed by atoms with Crippen LogP contribution in [0.5, 0.6) is 0 Å². The Labute approximate surface area is 261 Å². The molecule has 0 aliphatic rings. The average Bonchev–Trinajstić information content (AvgIpc) is 2.99. The van der Waals surface area contributed by atoms with Gasteiger partial charge in [0.25, 0.3) is 0 Å². The normalized spacial score (nSPS) is 13.0. The van der Waals surface area contributed by atoms with E-state index >= 15 is 0 Å². The van der Waals surface area contributed by atoms with Gasteiger partial charge in [-0.2, -0.15) is 11.8 Å². The van der Waals surface area contributed by atoms with Crippen molar-refractivity contribution in [1.29, 1.82) is 0 Å². The maximum Gasteiger partial charge on any atom is 0.331 e. The van der Waals surface area contributed by atoms with Gasteiger partial charge in [-0.05, 0) is 6.42 Å². The Bertz CT molecular complexity index is 802. The van der Waals surface area contributed by atoms with Crippen LogP contribution in [-0.2, 0) is 38.2 Å². The van der Waals surface area contributed by atoms with Gasteiger partial charge in [0.05, 0.1) is 7.11 Å². The topological polar surface area (TPSA) is 189 Å². The molecule has 0 bridgehead atoms. The number of hydrogen-bond donors (Lipinski definition) is 4. The monoisotopic (exact) mass is 632 g/mol. The van der Waals surface area contributed by atoms with Gasteiger partial charge in [-0.3, -0.25) is 19.2 Å². The summed E-state index contributed by atoms with van der Waals surface area (Å²) in [6, 6.07) is -3.36. The van der Waals surface area contributed by atoms with Gasteiger partial charge in [0.2, 0.25) is 11.8 Å². The molecule has 0 radical (unpaired) electrons. The van der Waals surface area contributed by atoms with Crippen LogP contribution < -0.4 is 22.1 Å². The van der Waals surface area contributed by atoms with E-state index in [1.54, 1.807) is 0 Å². The number of thioether (sulfide) groups is 1. The van der Waals surface area contributed by atoms with E-state index in [4.69, 9.17) is 20.9 Å². The summed E-state index contributed by atoms with van der Waals surface area (Å²) in [5, 5.41) is 4.95. The largest absolute Gasteiger partial charge is 0.467 e. The first-order valence-corrected chi connectivity index (χ1v) is 16.8. The minimum atomic E-state index is -1.31. The first-order valence-electron chi connectivity index (χ1n) is 15.7. The summed E-state index contributed by atoms with van der Waals surface area (Å²) in [5.74, 6) is -2.45. The predicted octanol–water partition coefficient (Wildman–Crippen LogP) is 2.74. The van der Waals surface area contributed by atoms with E-state index in [1.807, 2.05) is 0 Å². The van der Waals surface area contributed by atoms with Crippen molar-refractivity contribution in [2.24, 2.45) is 11.5 Å². The minimum Gasteiger partial charge on any atom is -0.467 e. The molecule has 0 fully saturated rings. The van der Waals surface area contributed by atoms with Gasteiger partial charge in [0.1, 0.15) is 25.3 Å². The molecule has 43 heavy (non-hydrogen) atoms. The number of carbonyl (C=O) groups excluding carboxylic acids is 5. The van der Waals surface area contributed by atoms with Crippen molar-refractivity contribution in [3.63, 3.8) is 0 Å². The molecule has 0 aromatic rings. The Kier molecular flexibility index (Phi) is 25.7. The molecular formula is C30H56N4O8S. The lowest BCUT2D eigenvalue weighted by Gasteiger charge is -2.22. The number of hydrogen-bond acceptors (Lipinski definition) is 11. The van der Waals surface area contributed by atoms with E-state index < -0.39 is 48.5 Å². The average molecular weight is 633 g/mol. The van der Waals surface area contributed by atoms with Crippen LogP contribution in [0.1, 0.15) is 104 Å². The number of unbranched alkanes of at least 4 members (excludes halogenated alkanes) is 12. The van der Waals surface area contributed by atoms with Gasteiger partial charge in [0, 0.05) is 31.4 Å². The molecular weight excluding hydrogens is 576 g/mol. The molecule has 3 atom stereocenters. The molecule has 6 N–H and O–H groups in total. The van der Waals surface area contributed by atoms with Crippen molar-refractivity contribution >= 4 is 41.5 Å². The predicted molar refractivity (Wildman–Crippen MR) is 168 cm³/mol. The van der Waals surface area contributed by atoms with E-state index in [1.165, 1.54) is 82.9 Å². The number of nitrogens with two attached hydrogens (primary N) is 2. The lowest BCUT2D eigenvalue weighted by Crippen LogP contribution is -2.54. The van der Waals surface area contributed by atoms with Crippen molar-refractivity contribution < 1.29 is 38.2 Å². The fourth-order valence-electron chi connectivity index (χ4n) is 4.16. The van der Waals surface area contributed by atoms with Crippen molar-refractivity contribution in [2.45, 2.75) is 122 Å². The smallest absolute Gasteiger partial charge is 0.331 e. The standard InChI is InChI=1S/C30H56N4O8S/c1-4-5-6-7-8-9-10-11-12-13-14-15-16-17-27(36)41-18-19-43-22-26(33-23(2)35)28(37)34-25(30(39)40-3)21-42-29(38)24(32)20-31/h24-26H,4-22,31-32H2,1-3H3,(H,33,35)(H,34,37)/t24-,25-,26-/m0/s1. The molecule has 0 aromatic heterocycles. The zero-order valence-electron chi connectivity index (χ0n) is 26.5. The first kappa shape index (κ1) is 40.6. The summed E-state index contributed by atoms with van der Waals surface area (Å²) in [4.78, 5) is 60.4. The summed E-state index contributed by atoms with van der Waals surface area (Å²) in [7, 11) is 1.12. The van der Waals surface area contributed by atoms with E-state index in [0.717, 1.165) is 26.4 Å². The van der Waals surface area contributed by atoms with E-state index in [0.29, 0.717) is 12.2 Å². The number of amides is 2. The van der Waals surface area contributed by atoms with Crippen LogP contribution in [0.3, 0.4) is 0 Å². The lowest BCUT2D eigenvalue weighted by atomic mass is 10.0. The third-order valence-electron chi connectivity index (χ3n) is 6.70. The fraction of sp³-hybridized carbons (Fsp3) is 0.833. The summed E-state index contributed by atoms with van der Waals surface area (Å²) in [6.45, 7) is 3.02. The van der Waals surface area contributed by atoms with Crippen LogP contribution in [0.4, 0.5) is 0 Å². The molecule has 0 saturated heterocycles. The molecule has 0 aromatic carbocycles. The molecule has 0 unspecified atom stereocenters. The van der Waals surface area contributed by atoms with Crippen LogP contribution in [0, 0.1) is 0 Å². The fourth-order valence-corrected chi connectivity index (χ4v) is 4.99. The van der Waals surface area contributed by atoms with Crippen LogP contribution in [-0.4, -0.2) is 86.2 Å². The number of ether oxygens (including phenoxy) is 3. The van der Waals surface area contributed by atoms with Gasteiger partial charge < -0.3 is 36.3 Å². The third kappa shape index (κ3) is 22.8. The highest BCUT2D eigenvalue weighted by molar-refractivity contribution is 7.99. The quantitative estimate of drug-likeness (QED) is 0.0592. The Morgan fingerprint density at radius 2 is 1.33 bits per heavy atom. The van der Waals surface area contributed by atoms with Crippen LogP contribution in [0.25, 0.3) is 0 Å². The lowest BCUT2D eigenvalue weighted by molar-refractivity contribution is -0.153. The highest BCUT2D eigenvalue weighted by atomic mass is 32.2. The zero-order valence-corrected chi connectivity index (χ0v) is 27.3. The highest BCUT2D eigenvalue weighted by Gasteiger charge is 2.28. The Morgan fingerprint density at radius 1 is 0.767 bits per heavy atom. The van der Waals surface area contributed by atoms with Crippen LogP contribution in [0.15, 0.2) is 0 Å². The van der Waals surface area contributed by atoms with Gasteiger partial charge in [-0.15, -0.1) is 0 Å². The molecule has 0 aliphatic carbocycles. The molecule has 250 valence electrons. The number of carbonyl (C=O) groups is 5. The Hall–Kier alpha value is -2.38. The van der Waals surface area contributed by atoms with Gasteiger partial charge >= 0.3 is 17.9 Å². The number of rotatable bonds is 27. The maximum atomic E-state index is 12.8. The minimum absolute atomic E-state index is 0.148. The molecule has 0 aliphatic heterocycles. The summed E-state index contributed by atoms with van der Waals surface area (Å²) in [5.41, 5.74) is 10.8. The first-order chi connectivity index (χ1) is 20.7. The van der Waals surface area contributed by atoms with Crippen molar-refractivity contribution in [1.82, 2.24) is 10.6 Å². The second-order valence-electron chi connectivity index (χ2n) is 10.6. The molecule has 0 heterocycles. The SMILES string of the molecule is CCCCCCCCCCCCCCCC(=O)OCCSC[C@H](NC(C)=O)C(=O)N[C@@H](COC(=O)[C@@H](N)CN)C(=O)OC. The second kappa shape index (κ2) is 27.2. The maximum absolute atomic E-state index is 12.8. The highest BCUT2D eigenvalue weighted by Crippen LogP contribution is 2.13. The number of methoxy groups -OCH3 is 1. The number of nitrogens with one attached hydrogen (secondary N) is 2. The zero-order chi connectivity index (χ0) is 32.3. The van der Waals surface area contributed by atoms with Crippen molar-refractivity contribution in [2.75, 3.05) is 38.4 Å². The van der Waals surface area contributed by atoms with Crippen molar-refractivity contribution in [3.05, 3.63) is 0 Å². The van der Waals surface area contributed by atoms with Crippen molar-refractivity contribution in [3.8, 4) is 0 Å². The number of esters is 3. The van der Waals surface area contributed by atoms with Gasteiger partial charge in [0.15, 0.2) is 6.04 Å². The molecule has 0 spiro atoms. The van der Waals surface area contributed by atoms with Crippen LogP contribution >= 0.6 is 11.8 Å². The molecule has 13 heteroatoms. The van der Waals surface area contributed by atoms with Gasteiger partial charge in [-0.1, -0.05) is 84.0 Å². The second-order valence-corrected chi connectivity index (χ2v) is 11.7. The Balaban J connectivity index is 4.21. The van der Waals surface area contributed by atoms with Gasteiger partial charge in [-0.25, -0.2) is 4.79 Å². The van der Waals surface area contributed by atoms with Crippen LogP contribution in [0.2, 0.25) is 0 Å². The molecule has 2 amide bonds. The van der Waals surface area contributed by atoms with E-state index in [9.17, 15) is 24.0 Å².